The summed E-state index contributed by atoms with van der Waals surface area (Å²) in [6, 6.07) is 14.0. The average molecular weight is 434 g/mol. The fraction of sp³-hybridized carbons (Fsp3) is 0.261. The highest BCUT2D eigenvalue weighted by molar-refractivity contribution is 6.02. The molecule has 0 aliphatic carbocycles. The number of hydrogen-bond donors (Lipinski definition) is 0. The van der Waals surface area contributed by atoms with Gasteiger partial charge >= 0.3 is 5.97 Å². The summed E-state index contributed by atoms with van der Waals surface area (Å²) in [7, 11) is 1.59. The number of methoxy groups -OCH3 is 1. The summed E-state index contributed by atoms with van der Waals surface area (Å²) in [5, 5.41) is 13.1. The molecule has 0 fully saturated rings. The number of rotatable bonds is 7. The van der Waals surface area contributed by atoms with E-state index in [9.17, 15) is 9.59 Å². The number of carbonyl (C=O) groups is 1. The quantitative estimate of drug-likeness (QED) is 0.404. The first kappa shape index (κ1) is 21.2. The summed E-state index contributed by atoms with van der Waals surface area (Å²) in [5.41, 5.74) is 0.533. The molecule has 0 amide bonds. The zero-order valence-electron chi connectivity index (χ0n) is 17.9. The SMILES string of the molecule is CCCn1nc(C(=O)O[C@@H](C)c2nnc(-c3ccc(OC)cc3)o2)c2ccccc2c1=O. The van der Waals surface area contributed by atoms with E-state index < -0.39 is 12.1 Å². The predicted octanol–water partition coefficient (Wildman–Crippen LogP) is 3.78. The van der Waals surface area contributed by atoms with Crippen molar-refractivity contribution in [2.24, 2.45) is 0 Å². The molecule has 0 radical (unpaired) electrons. The third kappa shape index (κ3) is 4.09. The van der Waals surface area contributed by atoms with Gasteiger partial charge in [0.05, 0.1) is 12.5 Å². The number of aromatic nitrogens is 4. The van der Waals surface area contributed by atoms with E-state index in [0.717, 1.165) is 0 Å². The van der Waals surface area contributed by atoms with Crippen molar-refractivity contribution in [2.75, 3.05) is 7.11 Å². The van der Waals surface area contributed by atoms with E-state index in [1.165, 1.54) is 4.68 Å². The Kier molecular flexibility index (Phi) is 5.98. The lowest BCUT2D eigenvalue weighted by Crippen LogP contribution is -2.26. The lowest BCUT2D eigenvalue weighted by Gasteiger charge is -2.12. The van der Waals surface area contributed by atoms with Crippen molar-refractivity contribution in [3.05, 3.63) is 70.5 Å². The summed E-state index contributed by atoms with van der Waals surface area (Å²) >= 11 is 0. The number of ether oxygens (including phenoxy) is 2. The van der Waals surface area contributed by atoms with E-state index in [1.807, 2.05) is 6.92 Å². The molecule has 0 saturated carbocycles. The molecule has 1 atom stereocenters. The van der Waals surface area contributed by atoms with E-state index in [1.54, 1.807) is 62.6 Å². The van der Waals surface area contributed by atoms with Crippen LogP contribution in [0.3, 0.4) is 0 Å². The van der Waals surface area contributed by atoms with Gasteiger partial charge in [0.25, 0.3) is 11.4 Å². The molecule has 9 nitrogen and oxygen atoms in total. The lowest BCUT2D eigenvalue weighted by molar-refractivity contribution is 0.0272. The Bertz CT molecular complexity index is 1310. The smallest absolute Gasteiger partial charge is 0.360 e. The van der Waals surface area contributed by atoms with Crippen LogP contribution in [0.25, 0.3) is 22.2 Å². The highest BCUT2D eigenvalue weighted by Gasteiger charge is 2.23. The molecular formula is C23H22N4O5. The summed E-state index contributed by atoms with van der Waals surface area (Å²) in [5.74, 6) is 0.476. The van der Waals surface area contributed by atoms with E-state index in [4.69, 9.17) is 13.9 Å². The minimum absolute atomic E-state index is 0.0652. The van der Waals surface area contributed by atoms with Crippen molar-refractivity contribution >= 4 is 16.7 Å². The van der Waals surface area contributed by atoms with Gasteiger partial charge < -0.3 is 13.9 Å². The van der Waals surface area contributed by atoms with Crippen molar-refractivity contribution in [1.29, 1.82) is 0 Å². The Morgan fingerprint density at radius 1 is 1.09 bits per heavy atom. The van der Waals surface area contributed by atoms with Crippen LogP contribution in [0.1, 0.15) is 42.8 Å². The van der Waals surface area contributed by atoms with E-state index >= 15 is 0 Å². The first-order chi connectivity index (χ1) is 15.5. The maximum atomic E-state index is 13.0. The Morgan fingerprint density at radius 2 is 1.81 bits per heavy atom. The molecule has 9 heteroatoms. The molecule has 4 rings (SSSR count). The van der Waals surface area contributed by atoms with Crippen LogP contribution in [-0.4, -0.2) is 33.1 Å². The van der Waals surface area contributed by atoms with Gasteiger partial charge in [-0.25, -0.2) is 9.48 Å². The van der Waals surface area contributed by atoms with Crippen LogP contribution in [0, 0.1) is 0 Å². The van der Waals surface area contributed by atoms with Gasteiger partial charge in [-0.05, 0) is 43.7 Å². The highest BCUT2D eigenvalue weighted by atomic mass is 16.6. The fourth-order valence-corrected chi connectivity index (χ4v) is 3.27. The van der Waals surface area contributed by atoms with Crippen LogP contribution in [0.4, 0.5) is 0 Å². The number of nitrogens with zero attached hydrogens (tertiary/aromatic N) is 4. The summed E-state index contributed by atoms with van der Waals surface area (Å²) in [4.78, 5) is 25.6. The molecule has 2 aromatic heterocycles. The standard InChI is InChI=1S/C23H22N4O5/c1-4-13-27-22(28)18-8-6-5-7-17(18)19(26-27)23(29)31-14(2)20-24-25-21(32-20)15-9-11-16(30-3)12-10-15/h5-12,14H,4,13H2,1-3H3/t14-/m0/s1. The predicted molar refractivity (Wildman–Crippen MR) is 116 cm³/mol. The molecule has 0 bridgehead atoms. The van der Waals surface area contributed by atoms with Gasteiger partial charge in [0.15, 0.2) is 11.8 Å². The monoisotopic (exact) mass is 434 g/mol. The Labute approximate surface area is 183 Å². The number of hydrogen-bond acceptors (Lipinski definition) is 8. The second kappa shape index (κ2) is 9.01. The number of benzene rings is 2. The second-order valence-electron chi connectivity index (χ2n) is 7.14. The normalized spacial score (nSPS) is 12.0. The van der Waals surface area contributed by atoms with E-state index in [2.05, 4.69) is 15.3 Å². The number of esters is 1. The summed E-state index contributed by atoms with van der Waals surface area (Å²) in [6.07, 6.45) is -0.110. The zero-order chi connectivity index (χ0) is 22.7. The van der Waals surface area contributed by atoms with Crippen LogP contribution in [0.15, 0.2) is 57.7 Å². The van der Waals surface area contributed by atoms with Gasteiger partial charge in [-0.1, -0.05) is 25.1 Å². The molecule has 2 aromatic carbocycles. The molecule has 2 heterocycles. The second-order valence-corrected chi connectivity index (χ2v) is 7.14. The van der Waals surface area contributed by atoms with Crippen LogP contribution in [-0.2, 0) is 11.3 Å². The molecule has 0 aliphatic heterocycles. The molecular weight excluding hydrogens is 412 g/mol. The van der Waals surface area contributed by atoms with Crippen molar-refractivity contribution in [1.82, 2.24) is 20.0 Å². The van der Waals surface area contributed by atoms with Crippen LogP contribution < -0.4 is 10.3 Å². The van der Waals surface area contributed by atoms with Gasteiger partial charge in [-0.2, -0.15) is 5.10 Å². The average Bonchev–Trinajstić information content (AvgIpc) is 3.31. The van der Waals surface area contributed by atoms with Gasteiger partial charge in [0, 0.05) is 17.5 Å². The molecule has 0 unspecified atom stereocenters. The number of carbonyl (C=O) groups excluding carboxylic acids is 1. The molecule has 0 spiro atoms. The molecule has 4 aromatic rings. The molecule has 164 valence electrons. The first-order valence-electron chi connectivity index (χ1n) is 10.2. The fourth-order valence-electron chi connectivity index (χ4n) is 3.27. The minimum Gasteiger partial charge on any atom is -0.497 e. The van der Waals surface area contributed by atoms with Crippen LogP contribution >= 0.6 is 0 Å². The Hall–Kier alpha value is -4.01. The molecule has 0 N–H and O–H groups in total. The zero-order valence-corrected chi connectivity index (χ0v) is 17.9. The number of fused-ring (bicyclic) bond motifs is 1. The molecule has 0 saturated heterocycles. The molecule has 32 heavy (non-hydrogen) atoms. The number of aryl methyl sites for hydroxylation is 1. The van der Waals surface area contributed by atoms with E-state index in [0.29, 0.717) is 40.9 Å². The van der Waals surface area contributed by atoms with E-state index in [-0.39, 0.29) is 17.1 Å². The van der Waals surface area contributed by atoms with Gasteiger partial charge in [0.2, 0.25) is 5.89 Å². The Balaban J connectivity index is 1.59. The highest BCUT2D eigenvalue weighted by Crippen LogP contribution is 2.25. The van der Waals surface area contributed by atoms with Crippen LogP contribution in [0.2, 0.25) is 0 Å². The summed E-state index contributed by atoms with van der Waals surface area (Å²) < 4.78 is 17.7. The van der Waals surface area contributed by atoms with Gasteiger partial charge in [-0.15, -0.1) is 10.2 Å². The van der Waals surface area contributed by atoms with Crippen molar-refractivity contribution in [2.45, 2.75) is 32.9 Å². The van der Waals surface area contributed by atoms with Gasteiger partial charge in [0.1, 0.15) is 5.75 Å². The minimum atomic E-state index is -0.811. The lowest BCUT2D eigenvalue weighted by atomic mass is 10.1. The van der Waals surface area contributed by atoms with Crippen molar-refractivity contribution < 1.29 is 18.7 Å². The maximum absolute atomic E-state index is 13.0. The van der Waals surface area contributed by atoms with Crippen molar-refractivity contribution in [3.63, 3.8) is 0 Å². The van der Waals surface area contributed by atoms with Crippen molar-refractivity contribution in [3.8, 4) is 17.2 Å². The maximum Gasteiger partial charge on any atom is 0.360 e. The van der Waals surface area contributed by atoms with Crippen LogP contribution in [0.5, 0.6) is 5.75 Å². The third-order valence-corrected chi connectivity index (χ3v) is 4.91. The van der Waals surface area contributed by atoms with Gasteiger partial charge in [-0.3, -0.25) is 4.79 Å². The topological polar surface area (TPSA) is 109 Å². The first-order valence-corrected chi connectivity index (χ1v) is 10.2. The largest absolute Gasteiger partial charge is 0.497 e. The third-order valence-electron chi connectivity index (χ3n) is 4.91. The summed E-state index contributed by atoms with van der Waals surface area (Å²) in [6.45, 7) is 3.96. The Morgan fingerprint density at radius 3 is 2.50 bits per heavy atom. The molecule has 0 aliphatic rings.